The number of nitrogens with one attached hydrogen (secondary N) is 3. The third-order valence-electron chi connectivity index (χ3n) is 4.45. The molecule has 6 nitrogen and oxygen atoms in total. The number of benzene rings is 3. The van der Waals surface area contributed by atoms with E-state index in [2.05, 4.69) is 16.0 Å². The van der Waals surface area contributed by atoms with Gasteiger partial charge in [-0.25, -0.2) is 4.79 Å². The summed E-state index contributed by atoms with van der Waals surface area (Å²) in [6, 6.07) is 22.0. The second kappa shape index (κ2) is 10.3. The van der Waals surface area contributed by atoms with Crippen LogP contribution >= 0.6 is 0 Å². The molecule has 0 radical (unpaired) electrons. The van der Waals surface area contributed by atoms with Crippen LogP contribution in [0.2, 0.25) is 0 Å². The average Bonchev–Trinajstić information content (AvgIpc) is 2.74. The van der Waals surface area contributed by atoms with Crippen LogP contribution in [-0.4, -0.2) is 18.0 Å². The molecule has 3 aromatic carbocycles. The molecule has 6 heteroatoms. The molecule has 0 aromatic heterocycles. The molecule has 160 valence electrons. The van der Waals surface area contributed by atoms with Crippen molar-refractivity contribution in [1.82, 2.24) is 5.32 Å². The smallest absolute Gasteiger partial charge is 0.319 e. The zero-order valence-corrected chi connectivity index (χ0v) is 17.9. The Bertz CT molecular complexity index is 1030. The van der Waals surface area contributed by atoms with Crippen molar-refractivity contribution in [3.8, 4) is 5.75 Å². The standard InChI is InChI=1S/C25H27N3O3/c1-17(2)26-25(30)27-21-12-10-20(11-13-21)24(29)28-22-14-9-18(3)15-23(22)31-16-19-7-5-4-6-8-19/h4-15,17H,16H2,1-3H3,(H,28,29)(H2,26,27,30). The maximum Gasteiger partial charge on any atom is 0.319 e. The molecule has 0 atom stereocenters. The van der Waals surface area contributed by atoms with Gasteiger partial charge in [-0.2, -0.15) is 0 Å². The van der Waals surface area contributed by atoms with Crippen LogP contribution in [0.5, 0.6) is 5.75 Å². The molecule has 0 spiro atoms. The van der Waals surface area contributed by atoms with Gasteiger partial charge in [0, 0.05) is 17.3 Å². The Morgan fingerprint density at radius 2 is 1.61 bits per heavy atom. The molecular formula is C25H27N3O3. The topological polar surface area (TPSA) is 79.5 Å². The maximum atomic E-state index is 12.7. The number of amides is 3. The Morgan fingerprint density at radius 1 is 0.903 bits per heavy atom. The largest absolute Gasteiger partial charge is 0.487 e. The first-order valence-electron chi connectivity index (χ1n) is 10.2. The van der Waals surface area contributed by atoms with E-state index < -0.39 is 0 Å². The van der Waals surface area contributed by atoms with E-state index in [9.17, 15) is 9.59 Å². The van der Waals surface area contributed by atoms with Crippen molar-refractivity contribution in [2.75, 3.05) is 10.6 Å². The van der Waals surface area contributed by atoms with E-state index in [1.54, 1.807) is 24.3 Å². The lowest BCUT2D eigenvalue weighted by Gasteiger charge is -2.14. The molecular weight excluding hydrogens is 390 g/mol. The first kappa shape index (κ1) is 21.9. The molecule has 0 aliphatic heterocycles. The van der Waals surface area contributed by atoms with Crippen LogP contribution < -0.4 is 20.7 Å². The fourth-order valence-electron chi connectivity index (χ4n) is 2.92. The van der Waals surface area contributed by atoms with E-state index in [4.69, 9.17) is 4.74 Å². The van der Waals surface area contributed by atoms with Gasteiger partial charge in [0.25, 0.3) is 5.91 Å². The van der Waals surface area contributed by atoms with Gasteiger partial charge >= 0.3 is 6.03 Å². The fraction of sp³-hybridized carbons (Fsp3) is 0.200. The number of hydrogen-bond donors (Lipinski definition) is 3. The van der Waals surface area contributed by atoms with E-state index in [1.807, 2.05) is 69.3 Å². The first-order chi connectivity index (χ1) is 14.9. The summed E-state index contributed by atoms with van der Waals surface area (Å²) in [6.07, 6.45) is 0. The molecule has 31 heavy (non-hydrogen) atoms. The Kier molecular flexibility index (Phi) is 7.27. The molecule has 0 aliphatic carbocycles. The summed E-state index contributed by atoms with van der Waals surface area (Å²) in [5.74, 6) is 0.354. The Balaban J connectivity index is 1.66. The lowest BCUT2D eigenvalue weighted by Crippen LogP contribution is -2.34. The van der Waals surface area contributed by atoms with E-state index in [0.717, 1.165) is 11.1 Å². The average molecular weight is 418 g/mol. The van der Waals surface area contributed by atoms with E-state index in [-0.39, 0.29) is 18.0 Å². The summed E-state index contributed by atoms with van der Waals surface area (Å²) in [4.78, 5) is 24.5. The van der Waals surface area contributed by atoms with Crippen LogP contribution in [-0.2, 0) is 6.61 Å². The molecule has 0 bridgehead atoms. The van der Waals surface area contributed by atoms with Crippen molar-refractivity contribution >= 4 is 23.3 Å². The lowest BCUT2D eigenvalue weighted by molar-refractivity contribution is 0.102. The number of carbonyl (C=O) groups excluding carboxylic acids is 2. The highest BCUT2D eigenvalue weighted by atomic mass is 16.5. The number of aryl methyl sites for hydroxylation is 1. The van der Waals surface area contributed by atoms with Gasteiger partial charge in [0.05, 0.1) is 5.69 Å². The van der Waals surface area contributed by atoms with Crippen molar-refractivity contribution in [1.29, 1.82) is 0 Å². The van der Waals surface area contributed by atoms with Gasteiger partial charge in [0.2, 0.25) is 0 Å². The van der Waals surface area contributed by atoms with Gasteiger partial charge in [0.15, 0.2) is 0 Å². The van der Waals surface area contributed by atoms with Crippen molar-refractivity contribution in [2.45, 2.75) is 33.4 Å². The zero-order valence-electron chi connectivity index (χ0n) is 17.9. The van der Waals surface area contributed by atoms with Crippen LogP contribution in [0.25, 0.3) is 0 Å². The van der Waals surface area contributed by atoms with Crippen molar-refractivity contribution < 1.29 is 14.3 Å². The molecule has 0 heterocycles. The molecule has 0 saturated heterocycles. The van der Waals surface area contributed by atoms with Gasteiger partial charge in [-0.15, -0.1) is 0 Å². The Labute approximate surface area is 182 Å². The minimum atomic E-state index is -0.285. The van der Waals surface area contributed by atoms with Crippen LogP contribution in [0.15, 0.2) is 72.8 Å². The summed E-state index contributed by atoms with van der Waals surface area (Å²) in [7, 11) is 0. The molecule has 3 rings (SSSR count). The normalized spacial score (nSPS) is 10.5. The van der Waals surface area contributed by atoms with Gasteiger partial charge in [0.1, 0.15) is 12.4 Å². The molecule has 0 unspecified atom stereocenters. The van der Waals surface area contributed by atoms with E-state index >= 15 is 0 Å². The quantitative estimate of drug-likeness (QED) is 0.484. The summed E-state index contributed by atoms with van der Waals surface area (Å²) in [5.41, 5.74) is 3.77. The second-order valence-corrected chi connectivity index (χ2v) is 7.56. The molecule has 0 aliphatic rings. The number of rotatable bonds is 7. The van der Waals surface area contributed by atoms with E-state index in [1.165, 1.54) is 0 Å². The Hall–Kier alpha value is -3.80. The maximum absolute atomic E-state index is 12.7. The molecule has 3 aromatic rings. The summed E-state index contributed by atoms with van der Waals surface area (Å²) in [6.45, 7) is 6.15. The van der Waals surface area contributed by atoms with Crippen LogP contribution in [0, 0.1) is 6.92 Å². The first-order valence-corrected chi connectivity index (χ1v) is 10.2. The number of urea groups is 1. The fourth-order valence-corrected chi connectivity index (χ4v) is 2.92. The van der Waals surface area contributed by atoms with Crippen molar-refractivity contribution in [2.24, 2.45) is 0 Å². The molecule has 3 N–H and O–H groups in total. The molecule has 0 saturated carbocycles. The predicted octanol–water partition coefficient (Wildman–Crippen LogP) is 5.36. The predicted molar refractivity (Wildman–Crippen MR) is 124 cm³/mol. The van der Waals surface area contributed by atoms with Crippen molar-refractivity contribution in [3.05, 3.63) is 89.5 Å². The minimum Gasteiger partial charge on any atom is -0.487 e. The highest BCUT2D eigenvalue weighted by Crippen LogP contribution is 2.27. The number of ether oxygens (including phenoxy) is 1. The highest BCUT2D eigenvalue weighted by molar-refractivity contribution is 6.05. The molecule has 3 amide bonds. The molecule has 0 fully saturated rings. The number of carbonyl (C=O) groups is 2. The third-order valence-corrected chi connectivity index (χ3v) is 4.45. The van der Waals surface area contributed by atoms with Gasteiger partial charge < -0.3 is 20.7 Å². The van der Waals surface area contributed by atoms with E-state index in [0.29, 0.717) is 29.3 Å². The number of hydrogen-bond acceptors (Lipinski definition) is 3. The summed E-state index contributed by atoms with van der Waals surface area (Å²) in [5, 5.41) is 8.40. The monoisotopic (exact) mass is 417 g/mol. The van der Waals surface area contributed by atoms with Crippen molar-refractivity contribution in [3.63, 3.8) is 0 Å². The third kappa shape index (κ3) is 6.60. The van der Waals surface area contributed by atoms with Crippen LogP contribution in [0.1, 0.15) is 35.3 Å². The van der Waals surface area contributed by atoms with Gasteiger partial charge in [-0.05, 0) is 68.3 Å². The SMILES string of the molecule is Cc1ccc(NC(=O)c2ccc(NC(=O)NC(C)C)cc2)c(OCc2ccccc2)c1. The zero-order chi connectivity index (χ0) is 22.2. The van der Waals surface area contributed by atoms with Crippen LogP contribution in [0.3, 0.4) is 0 Å². The summed E-state index contributed by atoms with van der Waals surface area (Å²) >= 11 is 0. The van der Waals surface area contributed by atoms with Crippen LogP contribution in [0.4, 0.5) is 16.2 Å². The summed E-state index contributed by atoms with van der Waals surface area (Å²) < 4.78 is 5.97. The van der Waals surface area contributed by atoms with Gasteiger partial charge in [-0.3, -0.25) is 4.79 Å². The Morgan fingerprint density at radius 3 is 2.29 bits per heavy atom. The minimum absolute atomic E-state index is 0.0397. The number of anilines is 2. The van der Waals surface area contributed by atoms with Gasteiger partial charge in [-0.1, -0.05) is 36.4 Å². The lowest BCUT2D eigenvalue weighted by atomic mass is 10.1. The second-order valence-electron chi connectivity index (χ2n) is 7.56. The highest BCUT2D eigenvalue weighted by Gasteiger charge is 2.11.